The van der Waals surface area contributed by atoms with Gasteiger partial charge in [0.15, 0.2) is 0 Å². The van der Waals surface area contributed by atoms with E-state index in [1.807, 2.05) is 19.1 Å². The van der Waals surface area contributed by atoms with Crippen molar-refractivity contribution in [1.82, 2.24) is 4.98 Å². The largest absolute Gasteiger partial charge is 0.481 e. The fourth-order valence-corrected chi connectivity index (χ4v) is 2.09. The third kappa shape index (κ3) is 2.50. The molecule has 3 heteroatoms. The molecular weight excluding hydrogens is 226 g/mol. The van der Waals surface area contributed by atoms with Crippen LogP contribution in [0.3, 0.4) is 0 Å². The maximum absolute atomic E-state index is 10.7. The van der Waals surface area contributed by atoms with Gasteiger partial charge >= 0.3 is 5.97 Å². The number of aromatic nitrogens is 1. The fraction of sp³-hybridized carbons (Fsp3) is 0.333. The van der Waals surface area contributed by atoms with Crippen LogP contribution in [0, 0.1) is 6.92 Å². The molecule has 94 valence electrons. The summed E-state index contributed by atoms with van der Waals surface area (Å²) in [5.74, 6) is -0.368. The Bertz CT molecular complexity index is 603. The molecule has 1 aromatic heterocycles. The Morgan fingerprint density at radius 1 is 1.33 bits per heavy atom. The summed E-state index contributed by atoms with van der Waals surface area (Å²) in [5.41, 5.74) is 3.84. The van der Waals surface area contributed by atoms with E-state index >= 15 is 0 Å². The van der Waals surface area contributed by atoms with Gasteiger partial charge in [-0.25, -0.2) is 0 Å². The summed E-state index contributed by atoms with van der Waals surface area (Å²) in [7, 11) is 0. The third-order valence-electron chi connectivity index (χ3n) is 3.09. The van der Waals surface area contributed by atoms with Crippen LogP contribution in [-0.2, 0) is 11.2 Å². The molecule has 2 aromatic rings. The molecule has 0 saturated carbocycles. The molecule has 0 aliphatic carbocycles. The molecule has 0 atom stereocenters. The van der Waals surface area contributed by atoms with Crippen LogP contribution >= 0.6 is 0 Å². The molecule has 0 radical (unpaired) electrons. The quantitative estimate of drug-likeness (QED) is 0.899. The molecular formula is C15H17NO2. The first-order valence-electron chi connectivity index (χ1n) is 6.09. The zero-order chi connectivity index (χ0) is 13.3. The van der Waals surface area contributed by atoms with Gasteiger partial charge in [0.1, 0.15) is 0 Å². The second kappa shape index (κ2) is 4.77. The Morgan fingerprint density at radius 2 is 2.06 bits per heavy atom. The van der Waals surface area contributed by atoms with E-state index in [0.29, 0.717) is 11.6 Å². The molecule has 0 aliphatic rings. The first-order chi connectivity index (χ1) is 8.47. The van der Waals surface area contributed by atoms with Crippen LogP contribution in [0.25, 0.3) is 10.9 Å². The molecule has 2 rings (SSSR count). The van der Waals surface area contributed by atoms with Crippen molar-refractivity contribution < 1.29 is 9.90 Å². The van der Waals surface area contributed by atoms with Crippen LogP contribution in [0.4, 0.5) is 0 Å². The van der Waals surface area contributed by atoms with Gasteiger partial charge in [0.05, 0.1) is 17.6 Å². The van der Waals surface area contributed by atoms with Gasteiger partial charge in [-0.15, -0.1) is 0 Å². The Labute approximate surface area is 106 Å². The van der Waals surface area contributed by atoms with E-state index in [9.17, 15) is 4.79 Å². The second-order valence-corrected chi connectivity index (χ2v) is 4.93. The average molecular weight is 243 g/mol. The highest BCUT2D eigenvalue weighted by atomic mass is 16.4. The number of carboxylic acids is 1. The second-order valence-electron chi connectivity index (χ2n) is 4.93. The summed E-state index contributed by atoms with van der Waals surface area (Å²) in [5, 5.41) is 9.91. The highest BCUT2D eigenvalue weighted by Crippen LogP contribution is 2.23. The smallest absolute Gasteiger partial charge is 0.309 e. The van der Waals surface area contributed by atoms with E-state index in [0.717, 1.165) is 16.5 Å². The maximum atomic E-state index is 10.7. The van der Waals surface area contributed by atoms with Crippen molar-refractivity contribution in [2.75, 3.05) is 0 Å². The van der Waals surface area contributed by atoms with Crippen LogP contribution in [0.15, 0.2) is 24.3 Å². The Kier molecular flexibility index (Phi) is 3.32. The van der Waals surface area contributed by atoms with Crippen LogP contribution in [0.5, 0.6) is 0 Å². The van der Waals surface area contributed by atoms with Gasteiger partial charge in [0, 0.05) is 5.39 Å². The van der Waals surface area contributed by atoms with E-state index in [1.165, 1.54) is 5.56 Å². The number of fused-ring (bicyclic) bond motifs is 1. The number of rotatable bonds is 3. The lowest BCUT2D eigenvalue weighted by Crippen LogP contribution is -2.03. The molecule has 0 saturated heterocycles. The lowest BCUT2D eigenvalue weighted by Gasteiger charge is -2.09. The van der Waals surface area contributed by atoms with E-state index < -0.39 is 5.97 Å². The number of aliphatic carboxylic acids is 1. The molecule has 18 heavy (non-hydrogen) atoms. The number of aryl methyl sites for hydroxylation is 1. The SMILES string of the molecule is Cc1cc(CC(=O)O)nc2ccc(C(C)C)cc12. The molecule has 1 N–H and O–H groups in total. The zero-order valence-corrected chi connectivity index (χ0v) is 10.9. The summed E-state index contributed by atoms with van der Waals surface area (Å²) in [4.78, 5) is 15.1. The third-order valence-corrected chi connectivity index (χ3v) is 3.09. The summed E-state index contributed by atoms with van der Waals surface area (Å²) in [6.07, 6.45) is -0.0251. The van der Waals surface area contributed by atoms with Crippen LogP contribution in [0.1, 0.15) is 36.6 Å². The van der Waals surface area contributed by atoms with Gasteiger partial charge in [-0.2, -0.15) is 0 Å². The van der Waals surface area contributed by atoms with Crippen molar-refractivity contribution in [2.45, 2.75) is 33.1 Å². The minimum Gasteiger partial charge on any atom is -0.481 e. The molecule has 1 aromatic carbocycles. The van der Waals surface area contributed by atoms with Gasteiger partial charge in [-0.05, 0) is 42.2 Å². The summed E-state index contributed by atoms with van der Waals surface area (Å²) >= 11 is 0. The average Bonchev–Trinajstić information content (AvgIpc) is 2.27. The number of nitrogens with zero attached hydrogens (tertiary/aromatic N) is 1. The highest BCUT2D eigenvalue weighted by Gasteiger charge is 2.08. The number of hydrogen-bond acceptors (Lipinski definition) is 2. The summed E-state index contributed by atoms with van der Waals surface area (Å²) in [6.45, 7) is 6.31. The number of carbonyl (C=O) groups is 1. The fourth-order valence-electron chi connectivity index (χ4n) is 2.09. The first kappa shape index (κ1) is 12.6. The standard InChI is InChI=1S/C15H17NO2/c1-9(2)11-4-5-14-13(7-11)10(3)6-12(16-14)8-15(17)18/h4-7,9H,8H2,1-3H3,(H,17,18). The highest BCUT2D eigenvalue weighted by molar-refractivity contribution is 5.83. The molecule has 0 unspecified atom stereocenters. The topological polar surface area (TPSA) is 50.2 Å². The van der Waals surface area contributed by atoms with E-state index in [4.69, 9.17) is 5.11 Å². The van der Waals surface area contributed by atoms with Crippen LogP contribution in [0.2, 0.25) is 0 Å². The minimum atomic E-state index is -0.847. The summed E-state index contributed by atoms with van der Waals surface area (Å²) < 4.78 is 0. The number of hydrogen-bond donors (Lipinski definition) is 1. The zero-order valence-electron chi connectivity index (χ0n) is 10.9. The monoisotopic (exact) mass is 243 g/mol. The maximum Gasteiger partial charge on any atom is 0.309 e. The van der Waals surface area contributed by atoms with Gasteiger partial charge in [-0.1, -0.05) is 19.9 Å². The van der Waals surface area contributed by atoms with E-state index in [-0.39, 0.29) is 6.42 Å². The lowest BCUT2D eigenvalue weighted by atomic mass is 9.99. The minimum absolute atomic E-state index is 0.0251. The lowest BCUT2D eigenvalue weighted by molar-refractivity contribution is -0.136. The van der Waals surface area contributed by atoms with Crippen molar-refractivity contribution in [2.24, 2.45) is 0 Å². The van der Waals surface area contributed by atoms with E-state index in [2.05, 4.69) is 31.0 Å². The Hall–Kier alpha value is -1.90. The van der Waals surface area contributed by atoms with E-state index in [1.54, 1.807) is 0 Å². The molecule has 3 nitrogen and oxygen atoms in total. The first-order valence-corrected chi connectivity index (χ1v) is 6.09. The molecule has 0 amide bonds. The Balaban J connectivity index is 2.54. The summed E-state index contributed by atoms with van der Waals surface area (Å²) in [6, 6.07) is 8.04. The number of carboxylic acid groups (broad SMARTS) is 1. The predicted molar refractivity (Wildman–Crippen MR) is 71.9 cm³/mol. The molecule has 0 bridgehead atoms. The number of pyridine rings is 1. The van der Waals surface area contributed by atoms with Crippen molar-refractivity contribution in [1.29, 1.82) is 0 Å². The van der Waals surface area contributed by atoms with Gasteiger partial charge in [0.2, 0.25) is 0 Å². The predicted octanol–water partition coefficient (Wildman–Crippen LogP) is 3.29. The van der Waals surface area contributed by atoms with Crippen LogP contribution in [-0.4, -0.2) is 16.1 Å². The van der Waals surface area contributed by atoms with Crippen molar-refractivity contribution in [3.05, 3.63) is 41.1 Å². The molecule has 0 spiro atoms. The normalized spacial score (nSPS) is 11.1. The number of benzene rings is 1. The van der Waals surface area contributed by atoms with Crippen molar-refractivity contribution >= 4 is 16.9 Å². The van der Waals surface area contributed by atoms with Crippen molar-refractivity contribution in [3.63, 3.8) is 0 Å². The molecule has 1 heterocycles. The van der Waals surface area contributed by atoms with Crippen molar-refractivity contribution in [3.8, 4) is 0 Å². The van der Waals surface area contributed by atoms with Gasteiger partial charge in [-0.3, -0.25) is 9.78 Å². The van der Waals surface area contributed by atoms with Crippen LogP contribution < -0.4 is 0 Å². The van der Waals surface area contributed by atoms with Gasteiger partial charge in [0.25, 0.3) is 0 Å². The Morgan fingerprint density at radius 3 is 2.67 bits per heavy atom. The van der Waals surface area contributed by atoms with Gasteiger partial charge < -0.3 is 5.11 Å². The molecule has 0 fully saturated rings. The molecule has 0 aliphatic heterocycles.